The fourth-order valence-corrected chi connectivity index (χ4v) is 2.64. The van der Waals surface area contributed by atoms with Gasteiger partial charge >= 0.3 is 6.03 Å². The summed E-state index contributed by atoms with van der Waals surface area (Å²) in [6.07, 6.45) is 0.820. The molecule has 3 nitrogen and oxygen atoms in total. The second-order valence-corrected chi connectivity index (χ2v) is 5.48. The van der Waals surface area contributed by atoms with E-state index < -0.39 is 0 Å². The van der Waals surface area contributed by atoms with Gasteiger partial charge in [0.2, 0.25) is 0 Å². The molecule has 22 heavy (non-hydrogen) atoms. The van der Waals surface area contributed by atoms with Crippen LogP contribution in [0.4, 0.5) is 4.79 Å². The first-order valence-corrected chi connectivity index (χ1v) is 7.39. The van der Waals surface area contributed by atoms with Gasteiger partial charge < -0.3 is 4.90 Å². The molecule has 2 aromatic rings. The largest absolute Gasteiger partial charge is 0.331 e. The molecule has 0 spiro atoms. The quantitative estimate of drug-likeness (QED) is 0.780. The van der Waals surface area contributed by atoms with Crippen molar-refractivity contribution in [1.82, 2.24) is 9.80 Å². The summed E-state index contributed by atoms with van der Waals surface area (Å²) in [5.74, 6) is 3.08. The number of rotatable bonds is 2. The topological polar surface area (TPSA) is 23.6 Å². The van der Waals surface area contributed by atoms with E-state index in [1.54, 1.807) is 9.80 Å². The highest BCUT2D eigenvalue weighted by Crippen LogP contribution is 2.17. The number of hydrogen-bond donors (Lipinski definition) is 0. The van der Waals surface area contributed by atoms with E-state index in [0.717, 1.165) is 12.0 Å². The number of carbonyl (C=O) groups excluding carboxylic acids is 1. The van der Waals surface area contributed by atoms with Crippen molar-refractivity contribution in [2.24, 2.45) is 0 Å². The number of hydrogen-bond acceptors (Lipinski definition) is 1. The van der Waals surface area contributed by atoms with Crippen LogP contribution in [0.25, 0.3) is 0 Å². The molecule has 0 aromatic heterocycles. The van der Waals surface area contributed by atoms with Gasteiger partial charge in [0.1, 0.15) is 0 Å². The van der Waals surface area contributed by atoms with E-state index in [-0.39, 0.29) is 12.1 Å². The van der Waals surface area contributed by atoms with E-state index in [0.29, 0.717) is 6.54 Å². The summed E-state index contributed by atoms with van der Waals surface area (Å²) < 4.78 is 0. The molecule has 0 radical (unpaired) electrons. The van der Waals surface area contributed by atoms with E-state index in [1.807, 2.05) is 55.6 Å². The summed E-state index contributed by atoms with van der Waals surface area (Å²) in [4.78, 5) is 15.7. The van der Waals surface area contributed by atoms with Crippen molar-refractivity contribution >= 4 is 6.03 Å². The number of urea groups is 1. The predicted molar refractivity (Wildman–Crippen MR) is 87.1 cm³/mol. The number of likely N-dealkylation sites (N-methyl/N-ethyl adjacent to an activating group) is 1. The highest BCUT2D eigenvalue weighted by Gasteiger charge is 2.34. The minimum absolute atomic E-state index is 0.0237. The second-order valence-electron chi connectivity index (χ2n) is 5.48. The van der Waals surface area contributed by atoms with Gasteiger partial charge in [-0.15, -0.1) is 0 Å². The van der Waals surface area contributed by atoms with E-state index >= 15 is 0 Å². The van der Waals surface area contributed by atoms with Crippen molar-refractivity contribution in [2.75, 3.05) is 13.6 Å². The van der Waals surface area contributed by atoms with Crippen LogP contribution in [-0.2, 0) is 6.42 Å². The summed E-state index contributed by atoms with van der Waals surface area (Å²) in [7, 11) is 1.82. The average Bonchev–Trinajstić information content (AvgIpc) is 2.81. The molecule has 0 N–H and O–H groups in total. The van der Waals surface area contributed by atoms with Crippen molar-refractivity contribution < 1.29 is 4.79 Å². The Morgan fingerprint density at radius 1 is 1.05 bits per heavy atom. The summed E-state index contributed by atoms with van der Waals surface area (Å²) in [6.45, 7) is 0.706. The van der Waals surface area contributed by atoms with Gasteiger partial charge in [0.05, 0.1) is 6.04 Å². The molecule has 1 fully saturated rings. The Hall–Kier alpha value is -2.73. The Labute approximate surface area is 131 Å². The SMILES string of the molecule is CN1C[C@H](Cc2ccccc2)N(C#Cc2ccccc2)C1=O. The van der Waals surface area contributed by atoms with Gasteiger partial charge in [-0.25, -0.2) is 9.69 Å². The fraction of sp³-hybridized carbons (Fsp3) is 0.211. The third-order valence-electron chi connectivity index (χ3n) is 3.79. The maximum atomic E-state index is 12.3. The summed E-state index contributed by atoms with van der Waals surface area (Å²) in [5.41, 5.74) is 2.14. The molecule has 0 aliphatic carbocycles. The highest BCUT2D eigenvalue weighted by atomic mass is 16.2. The van der Waals surface area contributed by atoms with Crippen LogP contribution in [0.5, 0.6) is 0 Å². The van der Waals surface area contributed by atoms with Crippen molar-refractivity contribution in [3.63, 3.8) is 0 Å². The maximum Gasteiger partial charge on any atom is 0.331 e. The maximum absolute atomic E-state index is 12.3. The van der Waals surface area contributed by atoms with Crippen LogP contribution in [0, 0.1) is 12.0 Å². The van der Waals surface area contributed by atoms with E-state index in [2.05, 4.69) is 24.1 Å². The lowest BCUT2D eigenvalue weighted by Gasteiger charge is -2.16. The average molecular weight is 290 g/mol. The first-order chi connectivity index (χ1) is 10.7. The predicted octanol–water partition coefficient (Wildman–Crippen LogP) is 2.97. The van der Waals surface area contributed by atoms with Crippen LogP contribution in [0.15, 0.2) is 60.7 Å². The molecule has 1 atom stereocenters. The normalized spacial score (nSPS) is 17.3. The molecule has 3 heteroatoms. The molecular weight excluding hydrogens is 272 g/mol. The summed E-state index contributed by atoms with van der Waals surface area (Å²) in [5, 5.41) is 0. The Morgan fingerprint density at radius 2 is 1.68 bits per heavy atom. The lowest BCUT2D eigenvalue weighted by atomic mass is 10.1. The van der Waals surface area contributed by atoms with Gasteiger partial charge in [-0.1, -0.05) is 48.5 Å². The monoisotopic (exact) mass is 290 g/mol. The van der Waals surface area contributed by atoms with Crippen LogP contribution >= 0.6 is 0 Å². The van der Waals surface area contributed by atoms with Gasteiger partial charge in [-0.3, -0.25) is 0 Å². The minimum Gasteiger partial charge on any atom is -0.325 e. The van der Waals surface area contributed by atoms with Gasteiger partial charge in [0.15, 0.2) is 0 Å². The zero-order valence-corrected chi connectivity index (χ0v) is 12.6. The Balaban J connectivity index is 1.80. The minimum atomic E-state index is -0.0237. The number of carbonyl (C=O) groups is 1. The Morgan fingerprint density at radius 3 is 2.36 bits per heavy atom. The van der Waals surface area contributed by atoms with Crippen molar-refractivity contribution in [3.05, 3.63) is 71.8 Å². The molecule has 2 amide bonds. The van der Waals surface area contributed by atoms with E-state index in [1.165, 1.54) is 5.56 Å². The highest BCUT2D eigenvalue weighted by molar-refractivity contribution is 5.79. The van der Waals surface area contributed by atoms with Crippen LogP contribution in [-0.4, -0.2) is 35.5 Å². The molecule has 1 heterocycles. The van der Waals surface area contributed by atoms with Crippen LogP contribution < -0.4 is 0 Å². The number of benzene rings is 2. The summed E-state index contributed by atoms with van der Waals surface area (Å²) >= 11 is 0. The number of nitrogens with zero attached hydrogens (tertiary/aromatic N) is 2. The molecule has 0 bridgehead atoms. The van der Waals surface area contributed by atoms with Crippen molar-refractivity contribution in [3.8, 4) is 12.0 Å². The summed E-state index contributed by atoms with van der Waals surface area (Å²) in [6, 6.07) is 23.1. The molecule has 1 aliphatic heterocycles. The fourth-order valence-electron chi connectivity index (χ4n) is 2.64. The lowest BCUT2D eigenvalue weighted by molar-refractivity contribution is 0.209. The molecule has 110 valence electrons. The lowest BCUT2D eigenvalue weighted by Crippen LogP contribution is -2.31. The molecule has 1 saturated heterocycles. The zero-order valence-electron chi connectivity index (χ0n) is 12.6. The second kappa shape index (κ2) is 6.36. The third-order valence-corrected chi connectivity index (χ3v) is 3.79. The Bertz CT molecular complexity index is 700. The van der Waals surface area contributed by atoms with Crippen molar-refractivity contribution in [2.45, 2.75) is 12.5 Å². The molecular formula is C19H18N2O. The van der Waals surface area contributed by atoms with Gasteiger partial charge in [0.25, 0.3) is 0 Å². The first-order valence-electron chi connectivity index (χ1n) is 7.39. The van der Waals surface area contributed by atoms with Crippen molar-refractivity contribution in [1.29, 1.82) is 0 Å². The molecule has 0 saturated carbocycles. The zero-order chi connectivity index (χ0) is 15.4. The van der Waals surface area contributed by atoms with E-state index in [9.17, 15) is 4.79 Å². The standard InChI is InChI=1S/C19H18N2O/c1-20-15-18(14-17-10-6-3-7-11-17)21(19(20)22)13-12-16-8-4-2-5-9-16/h2-11,18H,14-15H2,1H3/t18-/m0/s1. The van der Waals surface area contributed by atoms with Gasteiger partial charge in [-0.05, 0) is 30.0 Å². The first kappa shape index (κ1) is 14.2. The van der Waals surface area contributed by atoms with E-state index in [4.69, 9.17) is 0 Å². The number of amides is 2. The van der Waals surface area contributed by atoms with Gasteiger partial charge in [-0.2, -0.15) is 0 Å². The molecule has 0 unspecified atom stereocenters. The molecule has 3 rings (SSSR count). The third kappa shape index (κ3) is 3.12. The van der Waals surface area contributed by atoms with Crippen LogP contribution in [0.3, 0.4) is 0 Å². The smallest absolute Gasteiger partial charge is 0.325 e. The van der Waals surface area contributed by atoms with Gasteiger partial charge in [0, 0.05) is 25.2 Å². The Kier molecular flexibility index (Phi) is 4.11. The molecule has 2 aromatic carbocycles. The van der Waals surface area contributed by atoms with Crippen LogP contribution in [0.2, 0.25) is 0 Å². The van der Waals surface area contributed by atoms with Crippen LogP contribution in [0.1, 0.15) is 11.1 Å². The molecule has 1 aliphatic rings.